The number of rotatable bonds is 6. The third kappa shape index (κ3) is 3.76. The number of aryl methyl sites for hydroxylation is 1. The molecule has 96 valence electrons. The summed E-state index contributed by atoms with van der Waals surface area (Å²) in [6, 6.07) is -1.09. The molecular weight excluding hydrogens is 264 g/mol. The van der Waals surface area contributed by atoms with E-state index in [-0.39, 0.29) is 10.6 Å². The summed E-state index contributed by atoms with van der Waals surface area (Å²) < 4.78 is 25.9. The standard InChI is InChI=1S/C9H14N2O4S2/c1-3-4-7(9(12)13)11-17(14,15)8-5-10-6(2)16-8/h5,7,11H,3-4H2,1-2H3,(H,12,13)/t7-/m0/s1. The molecule has 0 amide bonds. The second-order valence-corrected chi connectivity index (χ2v) is 6.67. The fourth-order valence-electron chi connectivity index (χ4n) is 1.23. The first-order chi connectivity index (χ1) is 7.86. The van der Waals surface area contributed by atoms with Crippen molar-refractivity contribution in [2.24, 2.45) is 0 Å². The van der Waals surface area contributed by atoms with Gasteiger partial charge in [0.1, 0.15) is 6.04 Å². The molecule has 0 fully saturated rings. The molecule has 0 saturated carbocycles. The number of hydrogen-bond acceptors (Lipinski definition) is 5. The zero-order valence-corrected chi connectivity index (χ0v) is 11.1. The van der Waals surface area contributed by atoms with Crippen molar-refractivity contribution in [3.05, 3.63) is 11.2 Å². The quantitative estimate of drug-likeness (QED) is 0.808. The van der Waals surface area contributed by atoms with Crippen LogP contribution in [0.3, 0.4) is 0 Å². The van der Waals surface area contributed by atoms with Crippen LogP contribution in [0.1, 0.15) is 24.8 Å². The highest BCUT2D eigenvalue weighted by molar-refractivity contribution is 7.91. The molecule has 0 unspecified atom stereocenters. The van der Waals surface area contributed by atoms with Crippen molar-refractivity contribution < 1.29 is 18.3 Å². The van der Waals surface area contributed by atoms with Gasteiger partial charge in [0, 0.05) is 0 Å². The molecular formula is C9H14N2O4S2. The molecule has 1 aromatic rings. The predicted molar refractivity (Wildman–Crippen MR) is 63.5 cm³/mol. The smallest absolute Gasteiger partial charge is 0.321 e. The molecule has 6 nitrogen and oxygen atoms in total. The van der Waals surface area contributed by atoms with E-state index in [2.05, 4.69) is 9.71 Å². The molecule has 0 aromatic carbocycles. The highest BCUT2D eigenvalue weighted by Crippen LogP contribution is 2.18. The molecule has 2 N–H and O–H groups in total. The average Bonchev–Trinajstić information content (AvgIpc) is 2.64. The number of hydrogen-bond donors (Lipinski definition) is 2. The molecule has 0 radical (unpaired) electrons. The van der Waals surface area contributed by atoms with Crippen LogP contribution in [-0.2, 0) is 14.8 Å². The fraction of sp³-hybridized carbons (Fsp3) is 0.556. The summed E-state index contributed by atoms with van der Waals surface area (Å²) in [5.41, 5.74) is 0. The van der Waals surface area contributed by atoms with Crippen LogP contribution in [0.5, 0.6) is 0 Å². The van der Waals surface area contributed by atoms with Crippen LogP contribution in [-0.4, -0.2) is 30.5 Å². The average molecular weight is 278 g/mol. The number of thiazole rings is 1. The molecule has 0 aliphatic heterocycles. The number of sulfonamides is 1. The maximum atomic E-state index is 11.8. The molecule has 1 aromatic heterocycles. The zero-order chi connectivity index (χ0) is 13.1. The van der Waals surface area contributed by atoms with E-state index < -0.39 is 22.0 Å². The third-order valence-corrected chi connectivity index (χ3v) is 4.88. The van der Waals surface area contributed by atoms with Crippen LogP contribution in [0, 0.1) is 6.92 Å². The number of nitrogens with zero attached hydrogens (tertiary/aromatic N) is 1. The van der Waals surface area contributed by atoms with E-state index in [9.17, 15) is 13.2 Å². The van der Waals surface area contributed by atoms with E-state index in [0.717, 1.165) is 11.3 Å². The predicted octanol–water partition coefficient (Wildman–Crippen LogP) is 0.983. The number of nitrogens with one attached hydrogen (secondary N) is 1. The van der Waals surface area contributed by atoms with Crippen LogP contribution in [0.15, 0.2) is 10.4 Å². The molecule has 0 saturated heterocycles. The number of aromatic nitrogens is 1. The SMILES string of the molecule is CCC[C@H](NS(=O)(=O)c1cnc(C)s1)C(=O)O. The van der Waals surface area contributed by atoms with Gasteiger partial charge in [-0.15, -0.1) is 11.3 Å². The van der Waals surface area contributed by atoms with E-state index in [1.54, 1.807) is 13.8 Å². The van der Waals surface area contributed by atoms with E-state index in [4.69, 9.17) is 5.11 Å². The molecule has 17 heavy (non-hydrogen) atoms. The van der Waals surface area contributed by atoms with Crippen molar-refractivity contribution >= 4 is 27.3 Å². The van der Waals surface area contributed by atoms with Gasteiger partial charge in [0.2, 0.25) is 0 Å². The first-order valence-corrected chi connectivity index (χ1v) is 7.34. The van der Waals surface area contributed by atoms with Crippen LogP contribution in [0.25, 0.3) is 0 Å². The van der Waals surface area contributed by atoms with Crippen LogP contribution >= 0.6 is 11.3 Å². The Morgan fingerprint density at radius 2 is 2.29 bits per heavy atom. The fourth-order valence-corrected chi connectivity index (χ4v) is 3.58. The first-order valence-electron chi connectivity index (χ1n) is 5.04. The normalized spacial score (nSPS) is 13.5. The van der Waals surface area contributed by atoms with Gasteiger partial charge in [0.25, 0.3) is 10.0 Å². The lowest BCUT2D eigenvalue weighted by Gasteiger charge is -2.12. The minimum atomic E-state index is -3.78. The zero-order valence-electron chi connectivity index (χ0n) is 9.50. The van der Waals surface area contributed by atoms with E-state index in [1.165, 1.54) is 6.20 Å². The van der Waals surface area contributed by atoms with Gasteiger partial charge in [0.05, 0.1) is 11.2 Å². The topological polar surface area (TPSA) is 96.4 Å². The van der Waals surface area contributed by atoms with E-state index >= 15 is 0 Å². The summed E-state index contributed by atoms with van der Waals surface area (Å²) in [6.07, 6.45) is 2.07. The Morgan fingerprint density at radius 3 is 2.71 bits per heavy atom. The lowest BCUT2D eigenvalue weighted by molar-refractivity contribution is -0.139. The van der Waals surface area contributed by atoms with Crippen molar-refractivity contribution in [3.63, 3.8) is 0 Å². The van der Waals surface area contributed by atoms with Crippen LogP contribution in [0.2, 0.25) is 0 Å². The highest BCUT2D eigenvalue weighted by atomic mass is 32.2. The second kappa shape index (κ2) is 5.56. The Labute approximate surface area is 104 Å². The van der Waals surface area contributed by atoms with Crippen LogP contribution < -0.4 is 4.72 Å². The van der Waals surface area contributed by atoms with Gasteiger partial charge in [-0.05, 0) is 13.3 Å². The largest absolute Gasteiger partial charge is 0.480 e. The van der Waals surface area contributed by atoms with Crippen molar-refractivity contribution in [1.82, 2.24) is 9.71 Å². The number of carboxylic acids is 1. The summed E-state index contributed by atoms with van der Waals surface area (Å²) >= 11 is 1.01. The minimum absolute atomic E-state index is 0.0392. The van der Waals surface area contributed by atoms with Crippen molar-refractivity contribution in [2.75, 3.05) is 0 Å². The monoisotopic (exact) mass is 278 g/mol. The van der Waals surface area contributed by atoms with Gasteiger partial charge < -0.3 is 5.11 Å². The third-order valence-electron chi connectivity index (χ3n) is 2.04. The molecule has 0 aliphatic rings. The summed E-state index contributed by atoms with van der Waals surface area (Å²) in [7, 11) is -3.78. The molecule has 1 rings (SSSR count). The summed E-state index contributed by atoms with van der Waals surface area (Å²) in [5, 5.41) is 9.50. The van der Waals surface area contributed by atoms with Gasteiger partial charge in [-0.1, -0.05) is 13.3 Å². The van der Waals surface area contributed by atoms with Gasteiger partial charge in [0.15, 0.2) is 4.21 Å². The number of carboxylic acid groups (broad SMARTS) is 1. The summed E-state index contributed by atoms with van der Waals surface area (Å²) in [4.78, 5) is 14.7. The van der Waals surface area contributed by atoms with E-state index in [1.807, 2.05) is 0 Å². The highest BCUT2D eigenvalue weighted by Gasteiger charge is 2.25. The Hall–Kier alpha value is -0.990. The van der Waals surface area contributed by atoms with Gasteiger partial charge in [-0.25, -0.2) is 13.4 Å². The lowest BCUT2D eigenvalue weighted by Crippen LogP contribution is -2.40. The maximum absolute atomic E-state index is 11.8. The molecule has 0 spiro atoms. The molecule has 0 bridgehead atoms. The van der Waals surface area contributed by atoms with E-state index in [0.29, 0.717) is 11.4 Å². The number of aliphatic carboxylic acids is 1. The Bertz CT molecular complexity index is 495. The minimum Gasteiger partial charge on any atom is -0.480 e. The summed E-state index contributed by atoms with van der Waals surface area (Å²) in [6.45, 7) is 3.48. The molecule has 0 aliphatic carbocycles. The molecule has 8 heteroatoms. The second-order valence-electron chi connectivity index (χ2n) is 3.50. The first kappa shape index (κ1) is 14.1. The number of carbonyl (C=O) groups is 1. The Balaban J connectivity index is 2.88. The Kier molecular flexibility index (Phi) is 4.61. The lowest BCUT2D eigenvalue weighted by atomic mass is 10.2. The van der Waals surface area contributed by atoms with Crippen LogP contribution in [0.4, 0.5) is 0 Å². The van der Waals surface area contributed by atoms with Crippen molar-refractivity contribution in [1.29, 1.82) is 0 Å². The van der Waals surface area contributed by atoms with Gasteiger partial charge in [-0.2, -0.15) is 4.72 Å². The van der Waals surface area contributed by atoms with Gasteiger partial charge >= 0.3 is 5.97 Å². The summed E-state index contributed by atoms with van der Waals surface area (Å²) in [5.74, 6) is -1.17. The Morgan fingerprint density at radius 1 is 1.65 bits per heavy atom. The van der Waals surface area contributed by atoms with Gasteiger partial charge in [-0.3, -0.25) is 4.79 Å². The van der Waals surface area contributed by atoms with Crippen molar-refractivity contribution in [3.8, 4) is 0 Å². The molecule has 1 heterocycles. The molecule has 1 atom stereocenters. The maximum Gasteiger partial charge on any atom is 0.321 e. The van der Waals surface area contributed by atoms with Crippen molar-refractivity contribution in [2.45, 2.75) is 36.9 Å².